The molecule has 1 aromatic rings. The van der Waals surface area contributed by atoms with E-state index in [4.69, 9.17) is 0 Å². The van der Waals surface area contributed by atoms with Gasteiger partial charge in [-0.15, -0.1) is 0 Å². The van der Waals surface area contributed by atoms with Gasteiger partial charge in [0.1, 0.15) is 0 Å². The van der Waals surface area contributed by atoms with Gasteiger partial charge >= 0.3 is 0 Å². The summed E-state index contributed by atoms with van der Waals surface area (Å²) in [5.74, 6) is 0. The normalized spacial score (nSPS) is 16.8. The van der Waals surface area contributed by atoms with Crippen LogP contribution in [0.2, 0.25) is 0 Å². The maximum absolute atomic E-state index is 9.31. The Morgan fingerprint density at radius 1 is 1.36 bits per heavy atom. The van der Waals surface area contributed by atoms with Gasteiger partial charge in [-0.3, -0.25) is 5.10 Å². The van der Waals surface area contributed by atoms with Gasteiger partial charge in [-0.2, -0.15) is 5.10 Å². The number of H-pyrrole nitrogens is 1. The molecule has 0 spiro atoms. The van der Waals surface area contributed by atoms with Crippen molar-refractivity contribution in [1.82, 2.24) is 10.2 Å². The lowest BCUT2D eigenvalue weighted by Gasteiger charge is -2.22. The molecule has 0 amide bonds. The first-order chi connectivity index (χ1) is 6.65. The third-order valence-electron chi connectivity index (χ3n) is 3.09. The molecule has 2 N–H and O–H groups in total. The Morgan fingerprint density at radius 3 is 2.79 bits per heavy atom. The molecule has 0 aromatic carbocycles. The number of aliphatic hydroxyl groups is 1. The molecule has 0 fully saturated rings. The predicted molar refractivity (Wildman–Crippen MR) is 55.3 cm³/mol. The van der Waals surface area contributed by atoms with E-state index in [-0.39, 0.29) is 12.0 Å². The van der Waals surface area contributed by atoms with Gasteiger partial charge in [-0.05, 0) is 31.2 Å². The van der Waals surface area contributed by atoms with Crippen LogP contribution in [-0.2, 0) is 18.3 Å². The fourth-order valence-electron chi connectivity index (χ4n) is 2.12. The van der Waals surface area contributed by atoms with Crippen molar-refractivity contribution >= 4 is 0 Å². The molecule has 0 unspecified atom stereocenters. The van der Waals surface area contributed by atoms with Gasteiger partial charge in [0.2, 0.25) is 0 Å². The van der Waals surface area contributed by atoms with Crippen LogP contribution in [0.3, 0.4) is 0 Å². The van der Waals surface area contributed by atoms with E-state index in [1.807, 2.05) is 13.8 Å². The van der Waals surface area contributed by atoms with E-state index >= 15 is 0 Å². The van der Waals surface area contributed by atoms with Crippen LogP contribution in [0.25, 0.3) is 0 Å². The molecule has 1 aliphatic carbocycles. The second kappa shape index (κ2) is 3.39. The summed E-state index contributed by atoms with van der Waals surface area (Å²) in [5.41, 5.74) is 3.50. The summed E-state index contributed by atoms with van der Waals surface area (Å²) >= 11 is 0. The van der Waals surface area contributed by atoms with Crippen molar-refractivity contribution in [1.29, 1.82) is 0 Å². The summed E-state index contributed by atoms with van der Waals surface area (Å²) in [4.78, 5) is 0. The molecule has 3 heteroatoms. The maximum atomic E-state index is 9.31. The Morgan fingerprint density at radius 2 is 2.07 bits per heavy atom. The average Bonchev–Trinajstić information content (AvgIpc) is 2.61. The Kier molecular flexibility index (Phi) is 2.35. The Labute approximate surface area is 84.5 Å². The zero-order valence-electron chi connectivity index (χ0n) is 8.93. The molecule has 14 heavy (non-hydrogen) atoms. The standard InChI is InChI=1S/C11H18N2O/c1-11(2,7-14)10-8-5-3-4-6-9(8)12-13-10/h14H,3-7H2,1-2H3,(H,12,13). The third kappa shape index (κ3) is 1.46. The van der Waals surface area contributed by atoms with Crippen LogP contribution in [0.5, 0.6) is 0 Å². The molecule has 3 nitrogen and oxygen atoms in total. The monoisotopic (exact) mass is 194 g/mol. The van der Waals surface area contributed by atoms with Crippen molar-refractivity contribution in [3.05, 3.63) is 17.0 Å². The van der Waals surface area contributed by atoms with E-state index in [1.54, 1.807) is 0 Å². The van der Waals surface area contributed by atoms with Crippen LogP contribution in [0.1, 0.15) is 43.6 Å². The summed E-state index contributed by atoms with van der Waals surface area (Å²) in [7, 11) is 0. The average molecular weight is 194 g/mol. The highest BCUT2D eigenvalue weighted by Crippen LogP contribution is 2.30. The number of hydrogen-bond acceptors (Lipinski definition) is 2. The van der Waals surface area contributed by atoms with Gasteiger partial charge in [0.15, 0.2) is 0 Å². The molecule has 1 aromatic heterocycles. The van der Waals surface area contributed by atoms with Gasteiger partial charge < -0.3 is 5.11 Å². The molecule has 0 aliphatic heterocycles. The summed E-state index contributed by atoms with van der Waals surface area (Å²) in [6.07, 6.45) is 4.74. The van der Waals surface area contributed by atoms with Crippen LogP contribution in [0.15, 0.2) is 0 Å². The van der Waals surface area contributed by atoms with Crippen LogP contribution >= 0.6 is 0 Å². The van der Waals surface area contributed by atoms with Crippen molar-refractivity contribution < 1.29 is 5.11 Å². The molecular weight excluding hydrogens is 176 g/mol. The van der Waals surface area contributed by atoms with Gasteiger partial charge in [0, 0.05) is 11.1 Å². The second-order valence-electron chi connectivity index (χ2n) is 4.78. The molecule has 0 radical (unpaired) electrons. The zero-order valence-corrected chi connectivity index (χ0v) is 8.93. The molecule has 2 rings (SSSR count). The molecule has 0 saturated heterocycles. The maximum Gasteiger partial charge on any atom is 0.0735 e. The molecular formula is C11H18N2O. The summed E-state index contributed by atoms with van der Waals surface area (Å²) in [5, 5.41) is 16.8. The third-order valence-corrected chi connectivity index (χ3v) is 3.09. The van der Waals surface area contributed by atoms with E-state index in [0.717, 1.165) is 18.5 Å². The van der Waals surface area contributed by atoms with E-state index < -0.39 is 0 Å². The number of aromatic amines is 1. The quantitative estimate of drug-likeness (QED) is 0.750. The smallest absolute Gasteiger partial charge is 0.0735 e. The fourth-order valence-corrected chi connectivity index (χ4v) is 2.12. The molecule has 1 aliphatic rings. The van der Waals surface area contributed by atoms with Gasteiger partial charge in [0.25, 0.3) is 0 Å². The minimum absolute atomic E-state index is 0.157. The minimum atomic E-state index is -0.207. The topological polar surface area (TPSA) is 48.9 Å². The van der Waals surface area contributed by atoms with E-state index in [2.05, 4.69) is 10.2 Å². The highest BCUT2D eigenvalue weighted by molar-refractivity contribution is 5.32. The summed E-state index contributed by atoms with van der Waals surface area (Å²) in [6, 6.07) is 0. The zero-order chi connectivity index (χ0) is 10.2. The highest BCUT2D eigenvalue weighted by atomic mass is 16.3. The number of aromatic nitrogens is 2. The summed E-state index contributed by atoms with van der Waals surface area (Å²) in [6.45, 7) is 4.24. The van der Waals surface area contributed by atoms with Crippen LogP contribution in [0, 0.1) is 0 Å². The van der Waals surface area contributed by atoms with Gasteiger partial charge in [-0.25, -0.2) is 0 Å². The first kappa shape index (κ1) is 9.71. The van der Waals surface area contributed by atoms with E-state index in [0.29, 0.717) is 0 Å². The lowest BCUT2D eigenvalue weighted by atomic mass is 9.84. The number of nitrogens with zero attached hydrogens (tertiary/aromatic N) is 1. The van der Waals surface area contributed by atoms with Crippen LogP contribution in [-0.4, -0.2) is 21.9 Å². The van der Waals surface area contributed by atoms with E-state index in [9.17, 15) is 5.11 Å². The number of nitrogens with one attached hydrogen (secondary N) is 1. The van der Waals surface area contributed by atoms with Gasteiger partial charge in [-0.1, -0.05) is 13.8 Å². The van der Waals surface area contributed by atoms with E-state index in [1.165, 1.54) is 24.1 Å². The van der Waals surface area contributed by atoms with Crippen molar-refractivity contribution in [2.24, 2.45) is 0 Å². The second-order valence-corrected chi connectivity index (χ2v) is 4.78. The first-order valence-electron chi connectivity index (χ1n) is 5.32. The lowest BCUT2D eigenvalue weighted by molar-refractivity contribution is 0.214. The van der Waals surface area contributed by atoms with Crippen molar-refractivity contribution in [3.8, 4) is 0 Å². The number of hydrogen-bond donors (Lipinski definition) is 2. The predicted octanol–water partition coefficient (Wildman–Crippen LogP) is 1.56. The largest absolute Gasteiger partial charge is 0.395 e. The highest BCUT2D eigenvalue weighted by Gasteiger charge is 2.28. The molecule has 0 bridgehead atoms. The number of fused-ring (bicyclic) bond motifs is 1. The van der Waals surface area contributed by atoms with Crippen LogP contribution in [0.4, 0.5) is 0 Å². The number of rotatable bonds is 2. The van der Waals surface area contributed by atoms with Crippen LogP contribution < -0.4 is 0 Å². The Balaban J connectivity index is 2.39. The molecule has 1 heterocycles. The summed E-state index contributed by atoms with van der Waals surface area (Å²) < 4.78 is 0. The molecule has 0 atom stereocenters. The minimum Gasteiger partial charge on any atom is -0.395 e. The first-order valence-corrected chi connectivity index (χ1v) is 5.32. The number of aryl methyl sites for hydroxylation is 1. The van der Waals surface area contributed by atoms with Crippen molar-refractivity contribution in [3.63, 3.8) is 0 Å². The molecule has 0 saturated carbocycles. The van der Waals surface area contributed by atoms with Crippen molar-refractivity contribution in [2.75, 3.05) is 6.61 Å². The molecule has 78 valence electrons. The lowest BCUT2D eigenvalue weighted by Crippen LogP contribution is -2.24. The fraction of sp³-hybridized carbons (Fsp3) is 0.727. The Bertz CT molecular complexity index is 328. The SMILES string of the molecule is CC(C)(CO)c1n[nH]c2c1CCCC2. The van der Waals surface area contributed by atoms with Gasteiger partial charge in [0.05, 0.1) is 12.3 Å². The van der Waals surface area contributed by atoms with Crippen molar-refractivity contribution in [2.45, 2.75) is 44.9 Å². The number of aliphatic hydroxyl groups excluding tert-OH is 1. The Hall–Kier alpha value is -0.830.